The van der Waals surface area contributed by atoms with Gasteiger partial charge in [0, 0.05) is 48.1 Å². The molecule has 1 aliphatic rings. The zero-order chi connectivity index (χ0) is 32.0. The minimum Gasteiger partial charge on any atom is -0.339 e. The van der Waals surface area contributed by atoms with Crippen LogP contribution >= 0.6 is 0 Å². The molecule has 3 heterocycles. The number of hydrogen-bond acceptors (Lipinski definition) is 3. The summed E-state index contributed by atoms with van der Waals surface area (Å²) in [7, 11) is 0. The van der Waals surface area contributed by atoms with Crippen LogP contribution in [0.15, 0.2) is 66.7 Å². The third kappa shape index (κ3) is 6.00. The molecule has 1 aliphatic heterocycles. The molecule has 0 bridgehead atoms. The number of para-hydroxylation sites is 2. The van der Waals surface area contributed by atoms with Crippen LogP contribution in [-0.4, -0.2) is 44.9 Å². The highest BCUT2D eigenvalue weighted by Crippen LogP contribution is 2.36. The standard InChI is InChI=1S/C34H30F6N4O/c1-19(35)44-29-9-4-3-8-28(29)42-32(44)20-10-12-43(13-11-20)33(45)26-16-22-15-24(17-30(37)38)41-31(25(22)18-27(26)36)21-6-5-7-23(14-21)34(2,39)40/h3-9,14-16,18-20,30H,10-13,17H2,1-2H3. The molecule has 2 aromatic heterocycles. The van der Waals surface area contributed by atoms with Crippen molar-refractivity contribution >= 4 is 27.7 Å². The summed E-state index contributed by atoms with van der Waals surface area (Å²) >= 11 is 0. The molecule has 1 amide bonds. The molecule has 5 nitrogen and oxygen atoms in total. The first-order valence-electron chi connectivity index (χ1n) is 14.7. The van der Waals surface area contributed by atoms with Gasteiger partial charge in [0.1, 0.15) is 11.6 Å². The zero-order valence-corrected chi connectivity index (χ0v) is 24.6. The van der Waals surface area contributed by atoms with Crippen LogP contribution in [0.4, 0.5) is 26.3 Å². The largest absolute Gasteiger partial charge is 0.339 e. The fraction of sp³-hybridized carbons (Fsp3) is 0.324. The highest BCUT2D eigenvalue weighted by molar-refractivity contribution is 6.02. The Kier molecular flexibility index (Phi) is 8.05. The number of fused-ring (bicyclic) bond motifs is 2. The third-order valence-corrected chi connectivity index (χ3v) is 8.33. The van der Waals surface area contributed by atoms with E-state index in [4.69, 9.17) is 0 Å². The van der Waals surface area contributed by atoms with Crippen LogP contribution < -0.4 is 0 Å². The number of nitrogens with zero attached hydrogens (tertiary/aromatic N) is 4. The number of likely N-dealkylation sites (tertiary alicyclic amines) is 1. The van der Waals surface area contributed by atoms with Gasteiger partial charge in [-0.1, -0.05) is 30.3 Å². The Morgan fingerprint density at radius 1 is 0.978 bits per heavy atom. The highest BCUT2D eigenvalue weighted by atomic mass is 19.3. The molecule has 1 saturated heterocycles. The molecule has 1 atom stereocenters. The molecule has 6 rings (SSSR count). The van der Waals surface area contributed by atoms with Gasteiger partial charge in [-0.05, 0) is 61.5 Å². The van der Waals surface area contributed by atoms with Gasteiger partial charge in [-0.2, -0.15) is 0 Å². The Hall–Kier alpha value is -4.41. The maximum Gasteiger partial charge on any atom is 0.270 e. The van der Waals surface area contributed by atoms with Crippen molar-refractivity contribution in [3.63, 3.8) is 0 Å². The highest BCUT2D eigenvalue weighted by Gasteiger charge is 2.31. The number of carbonyl (C=O) groups is 1. The van der Waals surface area contributed by atoms with E-state index in [1.54, 1.807) is 4.57 Å². The van der Waals surface area contributed by atoms with Gasteiger partial charge in [-0.3, -0.25) is 14.3 Å². The molecule has 5 aromatic rings. The van der Waals surface area contributed by atoms with Crippen molar-refractivity contribution in [2.75, 3.05) is 13.1 Å². The molecule has 0 aliphatic carbocycles. The van der Waals surface area contributed by atoms with Crippen LogP contribution in [-0.2, 0) is 12.3 Å². The van der Waals surface area contributed by atoms with Crippen molar-refractivity contribution in [2.45, 2.75) is 57.7 Å². The molecule has 0 N–H and O–H groups in total. The quantitative estimate of drug-likeness (QED) is 0.170. The number of rotatable bonds is 7. The lowest BCUT2D eigenvalue weighted by molar-refractivity contribution is 0.0175. The van der Waals surface area contributed by atoms with Crippen molar-refractivity contribution in [3.05, 3.63) is 95.2 Å². The first-order valence-corrected chi connectivity index (χ1v) is 14.7. The van der Waals surface area contributed by atoms with Crippen molar-refractivity contribution in [2.24, 2.45) is 0 Å². The maximum atomic E-state index is 15.6. The lowest BCUT2D eigenvalue weighted by Crippen LogP contribution is -2.38. The van der Waals surface area contributed by atoms with E-state index >= 15 is 4.39 Å². The molecular formula is C34H30F6N4O. The van der Waals surface area contributed by atoms with E-state index in [0.717, 1.165) is 13.0 Å². The number of pyridine rings is 1. The zero-order valence-electron chi connectivity index (χ0n) is 24.6. The summed E-state index contributed by atoms with van der Waals surface area (Å²) in [6.45, 7) is 2.74. The number of alkyl halides is 5. The fourth-order valence-electron chi connectivity index (χ4n) is 6.15. The van der Waals surface area contributed by atoms with Crippen LogP contribution in [0.5, 0.6) is 0 Å². The SMILES string of the molecule is CC(F)n1c(C2CCN(C(=O)c3cc4cc(CC(F)F)nc(-c5cccc(C(C)(F)F)c5)c4cc3F)CC2)nc2ccccc21. The van der Waals surface area contributed by atoms with E-state index in [1.807, 2.05) is 24.3 Å². The van der Waals surface area contributed by atoms with Gasteiger partial charge in [0.2, 0.25) is 6.43 Å². The van der Waals surface area contributed by atoms with Gasteiger partial charge in [-0.25, -0.2) is 31.3 Å². The van der Waals surface area contributed by atoms with E-state index < -0.39 is 36.8 Å². The lowest BCUT2D eigenvalue weighted by Gasteiger charge is -2.32. The van der Waals surface area contributed by atoms with Crippen LogP contribution in [0, 0.1) is 5.82 Å². The minimum atomic E-state index is -3.17. The smallest absolute Gasteiger partial charge is 0.270 e. The Bertz CT molecular complexity index is 1890. The molecule has 1 unspecified atom stereocenters. The average Bonchev–Trinajstić information content (AvgIpc) is 3.40. The summed E-state index contributed by atoms with van der Waals surface area (Å²) in [6, 6.07) is 16.4. The second-order valence-corrected chi connectivity index (χ2v) is 11.5. The Labute approximate surface area is 255 Å². The Morgan fingerprint density at radius 2 is 1.71 bits per heavy atom. The normalized spacial score (nSPS) is 15.4. The molecule has 11 heteroatoms. The summed E-state index contributed by atoms with van der Waals surface area (Å²) in [5.41, 5.74) is 1.10. The van der Waals surface area contributed by atoms with E-state index in [1.165, 1.54) is 48.2 Å². The van der Waals surface area contributed by atoms with Crippen molar-refractivity contribution in [1.29, 1.82) is 0 Å². The second kappa shape index (κ2) is 11.8. The predicted molar refractivity (Wildman–Crippen MR) is 160 cm³/mol. The van der Waals surface area contributed by atoms with Gasteiger partial charge in [-0.15, -0.1) is 0 Å². The van der Waals surface area contributed by atoms with Gasteiger partial charge in [0.25, 0.3) is 11.8 Å². The number of carbonyl (C=O) groups excluding carboxylic acids is 1. The lowest BCUT2D eigenvalue weighted by atomic mass is 9.94. The molecule has 45 heavy (non-hydrogen) atoms. The van der Waals surface area contributed by atoms with Crippen LogP contribution in [0.25, 0.3) is 33.1 Å². The van der Waals surface area contributed by atoms with Crippen LogP contribution in [0.3, 0.4) is 0 Å². The molecule has 3 aromatic carbocycles. The van der Waals surface area contributed by atoms with Gasteiger partial charge >= 0.3 is 0 Å². The molecular weight excluding hydrogens is 594 g/mol. The summed E-state index contributed by atoms with van der Waals surface area (Å²) in [5, 5.41) is 0.492. The number of imidazole rings is 1. The van der Waals surface area contributed by atoms with E-state index in [2.05, 4.69) is 9.97 Å². The first-order chi connectivity index (χ1) is 21.4. The average molecular weight is 625 g/mol. The Morgan fingerprint density at radius 3 is 2.40 bits per heavy atom. The molecule has 0 radical (unpaired) electrons. The Balaban J connectivity index is 1.31. The molecule has 1 fully saturated rings. The predicted octanol–water partition coefficient (Wildman–Crippen LogP) is 8.82. The number of piperidine rings is 1. The topological polar surface area (TPSA) is 51.0 Å². The second-order valence-electron chi connectivity index (χ2n) is 11.5. The van der Waals surface area contributed by atoms with Crippen LogP contribution in [0.2, 0.25) is 0 Å². The number of hydrogen-bond donors (Lipinski definition) is 0. The van der Waals surface area contributed by atoms with Crippen molar-refractivity contribution in [3.8, 4) is 11.3 Å². The molecule has 0 saturated carbocycles. The van der Waals surface area contributed by atoms with E-state index in [0.29, 0.717) is 29.7 Å². The van der Waals surface area contributed by atoms with E-state index in [-0.39, 0.29) is 57.9 Å². The summed E-state index contributed by atoms with van der Waals surface area (Å²) < 4.78 is 86.8. The summed E-state index contributed by atoms with van der Waals surface area (Å²) in [6.07, 6.45) is -3.76. The number of benzene rings is 3. The monoisotopic (exact) mass is 624 g/mol. The summed E-state index contributed by atoms with van der Waals surface area (Å²) in [4.78, 5) is 24.1. The molecule has 234 valence electrons. The van der Waals surface area contributed by atoms with Gasteiger partial charge in [0.15, 0.2) is 6.30 Å². The van der Waals surface area contributed by atoms with Gasteiger partial charge in [0.05, 0.1) is 28.7 Å². The third-order valence-electron chi connectivity index (χ3n) is 8.33. The number of amides is 1. The van der Waals surface area contributed by atoms with Gasteiger partial charge < -0.3 is 4.90 Å². The number of halogens is 6. The first kappa shape index (κ1) is 30.6. The van der Waals surface area contributed by atoms with Crippen molar-refractivity contribution < 1.29 is 31.1 Å². The minimum absolute atomic E-state index is 0.0167. The summed E-state index contributed by atoms with van der Waals surface area (Å²) in [5.74, 6) is -4.09. The fourth-order valence-corrected chi connectivity index (χ4v) is 6.15. The molecule has 0 spiro atoms. The van der Waals surface area contributed by atoms with E-state index in [9.17, 15) is 26.7 Å². The van der Waals surface area contributed by atoms with Crippen LogP contribution in [0.1, 0.15) is 66.3 Å². The number of aromatic nitrogens is 3. The maximum absolute atomic E-state index is 15.6. The van der Waals surface area contributed by atoms with Crippen molar-refractivity contribution in [1.82, 2.24) is 19.4 Å².